The molecule has 98 valence electrons. The van der Waals surface area contributed by atoms with Crippen LogP contribution < -0.4 is 5.73 Å². The van der Waals surface area contributed by atoms with Gasteiger partial charge in [0.25, 0.3) is 0 Å². The zero-order valence-corrected chi connectivity index (χ0v) is 11.2. The Balaban J connectivity index is 1.95. The van der Waals surface area contributed by atoms with Gasteiger partial charge in [-0.2, -0.15) is 0 Å². The third kappa shape index (κ3) is 2.28. The van der Waals surface area contributed by atoms with Crippen LogP contribution in [-0.4, -0.2) is 5.78 Å². The van der Waals surface area contributed by atoms with Crippen molar-refractivity contribution in [2.24, 2.45) is 0 Å². The van der Waals surface area contributed by atoms with Crippen LogP contribution in [0, 0.1) is 5.82 Å². The zero-order valence-electron chi connectivity index (χ0n) is 10.4. The lowest BCUT2D eigenvalue weighted by Gasteiger charge is -2.08. The van der Waals surface area contributed by atoms with Crippen LogP contribution in [0.15, 0.2) is 24.3 Å². The molecule has 4 heteroatoms. The molecule has 0 aliphatic heterocycles. The van der Waals surface area contributed by atoms with Crippen molar-refractivity contribution in [2.75, 3.05) is 5.73 Å². The molecule has 0 fully saturated rings. The van der Waals surface area contributed by atoms with Crippen molar-refractivity contribution in [2.45, 2.75) is 25.7 Å². The number of rotatable bonds is 2. The summed E-state index contributed by atoms with van der Waals surface area (Å²) in [6.07, 6.45) is 4.49. The highest BCUT2D eigenvalue weighted by molar-refractivity contribution is 7.14. The highest BCUT2D eigenvalue weighted by Gasteiger charge is 2.18. The number of aryl methyl sites for hydroxylation is 2. The lowest BCUT2D eigenvalue weighted by molar-refractivity contribution is 0.104. The molecular formula is C15H14FNOS. The van der Waals surface area contributed by atoms with Crippen LogP contribution in [0.3, 0.4) is 0 Å². The summed E-state index contributed by atoms with van der Waals surface area (Å²) in [7, 11) is 0. The van der Waals surface area contributed by atoms with Crippen LogP contribution in [0.2, 0.25) is 0 Å². The molecule has 0 bridgehead atoms. The van der Waals surface area contributed by atoms with Gasteiger partial charge in [0.2, 0.25) is 5.78 Å². The molecule has 0 atom stereocenters. The average molecular weight is 275 g/mol. The lowest BCUT2D eigenvalue weighted by Crippen LogP contribution is -2.01. The first-order valence-electron chi connectivity index (χ1n) is 6.36. The molecule has 1 aliphatic carbocycles. The van der Waals surface area contributed by atoms with E-state index in [1.54, 1.807) is 17.4 Å². The van der Waals surface area contributed by atoms with Crippen molar-refractivity contribution in [3.8, 4) is 0 Å². The first-order chi connectivity index (χ1) is 9.15. The Morgan fingerprint density at radius 3 is 2.74 bits per heavy atom. The van der Waals surface area contributed by atoms with Crippen molar-refractivity contribution >= 4 is 22.8 Å². The van der Waals surface area contributed by atoms with Gasteiger partial charge in [-0.25, -0.2) is 4.39 Å². The summed E-state index contributed by atoms with van der Waals surface area (Å²) >= 11 is 1.55. The maximum absolute atomic E-state index is 13.4. The molecule has 1 aromatic carbocycles. The average Bonchev–Trinajstić information content (AvgIpc) is 2.85. The molecule has 0 radical (unpaired) electrons. The van der Waals surface area contributed by atoms with Gasteiger partial charge < -0.3 is 5.73 Å². The molecule has 0 saturated heterocycles. The standard InChI is InChI=1S/C15H14FNOS/c16-11-7-10(5-6-12(11)17)15(18)14-8-9-3-1-2-4-13(9)19-14/h5-8H,1-4,17H2. The Bertz CT molecular complexity index is 624. The smallest absolute Gasteiger partial charge is 0.203 e. The molecule has 1 aliphatic rings. The van der Waals surface area contributed by atoms with Crippen LogP contribution in [0.1, 0.15) is 38.5 Å². The number of carbonyl (C=O) groups is 1. The summed E-state index contributed by atoms with van der Waals surface area (Å²) in [4.78, 5) is 14.3. The molecule has 2 aromatic rings. The highest BCUT2D eigenvalue weighted by Crippen LogP contribution is 2.31. The molecule has 3 rings (SSSR count). The molecule has 1 aromatic heterocycles. The van der Waals surface area contributed by atoms with E-state index >= 15 is 0 Å². The fourth-order valence-electron chi connectivity index (χ4n) is 2.41. The summed E-state index contributed by atoms with van der Waals surface area (Å²) < 4.78 is 13.4. The first kappa shape index (κ1) is 12.4. The minimum atomic E-state index is -0.535. The topological polar surface area (TPSA) is 43.1 Å². The Labute approximate surface area is 115 Å². The number of hydrogen-bond acceptors (Lipinski definition) is 3. The van der Waals surface area contributed by atoms with Gasteiger partial charge in [0, 0.05) is 10.4 Å². The zero-order chi connectivity index (χ0) is 13.4. The van der Waals surface area contributed by atoms with E-state index in [1.807, 2.05) is 6.07 Å². The Hall–Kier alpha value is -1.68. The summed E-state index contributed by atoms with van der Waals surface area (Å²) in [6.45, 7) is 0. The van der Waals surface area contributed by atoms with E-state index in [1.165, 1.54) is 35.4 Å². The van der Waals surface area contributed by atoms with Gasteiger partial charge in [-0.3, -0.25) is 4.79 Å². The first-order valence-corrected chi connectivity index (χ1v) is 7.18. The van der Waals surface area contributed by atoms with Crippen LogP contribution in [0.4, 0.5) is 10.1 Å². The van der Waals surface area contributed by atoms with Crippen LogP contribution in [0.25, 0.3) is 0 Å². The predicted octanol–water partition coefficient (Wildman–Crippen LogP) is 3.58. The van der Waals surface area contributed by atoms with Gasteiger partial charge in [-0.1, -0.05) is 0 Å². The molecule has 0 amide bonds. The van der Waals surface area contributed by atoms with E-state index in [0.717, 1.165) is 12.8 Å². The molecule has 2 N–H and O–H groups in total. The maximum Gasteiger partial charge on any atom is 0.203 e. The quantitative estimate of drug-likeness (QED) is 0.672. The van der Waals surface area contributed by atoms with E-state index in [4.69, 9.17) is 5.73 Å². The molecule has 0 spiro atoms. The number of ketones is 1. The second-order valence-electron chi connectivity index (χ2n) is 4.83. The third-order valence-corrected chi connectivity index (χ3v) is 4.72. The minimum absolute atomic E-state index is 0.0713. The second-order valence-corrected chi connectivity index (χ2v) is 5.97. The molecule has 0 unspecified atom stereocenters. The lowest BCUT2D eigenvalue weighted by atomic mass is 9.98. The number of halogens is 1. The SMILES string of the molecule is Nc1ccc(C(=O)c2cc3c(s2)CCCC3)cc1F. The van der Waals surface area contributed by atoms with Gasteiger partial charge in [-0.15, -0.1) is 11.3 Å². The van der Waals surface area contributed by atoms with Crippen molar-refractivity contribution in [1.82, 2.24) is 0 Å². The fraction of sp³-hybridized carbons (Fsp3) is 0.267. The summed E-state index contributed by atoms with van der Waals surface area (Å²) in [5, 5.41) is 0. The number of fused-ring (bicyclic) bond motifs is 1. The molecule has 1 heterocycles. The highest BCUT2D eigenvalue weighted by atomic mass is 32.1. The van der Waals surface area contributed by atoms with Crippen molar-refractivity contribution in [3.63, 3.8) is 0 Å². The Morgan fingerprint density at radius 2 is 2.00 bits per heavy atom. The number of thiophene rings is 1. The number of anilines is 1. The fourth-order valence-corrected chi connectivity index (χ4v) is 3.63. The van der Waals surface area contributed by atoms with E-state index in [2.05, 4.69) is 0 Å². The summed E-state index contributed by atoms with van der Waals surface area (Å²) in [6, 6.07) is 6.21. The van der Waals surface area contributed by atoms with E-state index in [9.17, 15) is 9.18 Å². The van der Waals surface area contributed by atoms with E-state index in [0.29, 0.717) is 10.4 Å². The van der Waals surface area contributed by atoms with Gasteiger partial charge in [-0.05, 0) is 55.5 Å². The molecule has 19 heavy (non-hydrogen) atoms. The number of hydrogen-bond donors (Lipinski definition) is 1. The van der Waals surface area contributed by atoms with Gasteiger partial charge in [0.15, 0.2) is 0 Å². The summed E-state index contributed by atoms with van der Waals surface area (Å²) in [5.74, 6) is -0.648. The Morgan fingerprint density at radius 1 is 1.21 bits per heavy atom. The number of benzene rings is 1. The Kier molecular flexibility index (Phi) is 3.11. The molecule has 0 saturated carbocycles. The summed E-state index contributed by atoms with van der Waals surface area (Å²) in [5.41, 5.74) is 7.15. The van der Waals surface area contributed by atoms with Gasteiger partial charge >= 0.3 is 0 Å². The van der Waals surface area contributed by atoms with E-state index < -0.39 is 5.82 Å². The van der Waals surface area contributed by atoms with Crippen molar-refractivity contribution < 1.29 is 9.18 Å². The van der Waals surface area contributed by atoms with Gasteiger partial charge in [0.05, 0.1) is 10.6 Å². The molecular weight excluding hydrogens is 261 g/mol. The normalized spacial score (nSPS) is 14.2. The predicted molar refractivity (Wildman–Crippen MR) is 75.2 cm³/mol. The van der Waals surface area contributed by atoms with Crippen LogP contribution >= 0.6 is 11.3 Å². The maximum atomic E-state index is 13.4. The van der Waals surface area contributed by atoms with Crippen molar-refractivity contribution in [1.29, 1.82) is 0 Å². The van der Waals surface area contributed by atoms with Crippen molar-refractivity contribution in [3.05, 3.63) is 51.0 Å². The monoisotopic (exact) mass is 275 g/mol. The number of nitrogen functional groups attached to an aromatic ring is 1. The van der Waals surface area contributed by atoms with Gasteiger partial charge in [0.1, 0.15) is 5.82 Å². The van der Waals surface area contributed by atoms with E-state index in [-0.39, 0.29) is 11.5 Å². The largest absolute Gasteiger partial charge is 0.396 e. The third-order valence-electron chi connectivity index (χ3n) is 3.48. The van der Waals surface area contributed by atoms with Crippen LogP contribution in [0.5, 0.6) is 0 Å². The van der Waals surface area contributed by atoms with Crippen LogP contribution in [-0.2, 0) is 12.8 Å². The number of nitrogens with two attached hydrogens (primary N) is 1. The number of carbonyl (C=O) groups excluding carboxylic acids is 1. The minimum Gasteiger partial charge on any atom is -0.396 e. The molecule has 2 nitrogen and oxygen atoms in total. The second kappa shape index (κ2) is 4.78.